The van der Waals surface area contributed by atoms with Crippen LogP contribution < -0.4 is 11.1 Å². The molecule has 1 aliphatic rings. The van der Waals surface area contributed by atoms with Crippen molar-refractivity contribution in [2.75, 3.05) is 6.54 Å². The smallest absolute Gasteiger partial charge is 0.245 e. The van der Waals surface area contributed by atoms with E-state index in [-0.39, 0.29) is 18.9 Å². The van der Waals surface area contributed by atoms with Gasteiger partial charge in [-0.25, -0.2) is 4.39 Å². The molecule has 0 saturated carbocycles. The van der Waals surface area contributed by atoms with Crippen LogP contribution in [0.2, 0.25) is 0 Å². The number of amides is 3. The second-order valence-corrected chi connectivity index (χ2v) is 6.19. The van der Waals surface area contributed by atoms with Gasteiger partial charge in [0.15, 0.2) is 0 Å². The Balaban J connectivity index is 2.74. The number of alkyl halides is 1. The van der Waals surface area contributed by atoms with Crippen molar-refractivity contribution in [2.24, 2.45) is 11.1 Å². The number of rotatable bonds is 3. The van der Waals surface area contributed by atoms with Crippen molar-refractivity contribution in [3.05, 3.63) is 0 Å². The zero-order chi connectivity index (χ0) is 15.7. The summed E-state index contributed by atoms with van der Waals surface area (Å²) in [4.78, 5) is 36.4. The molecule has 1 rings (SSSR count). The predicted octanol–water partition coefficient (Wildman–Crippen LogP) is -0.0385. The molecular formula is C13H22FN3O3. The minimum Gasteiger partial charge on any atom is -0.368 e. The van der Waals surface area contributed by atoms with Crippen molar-refractivity contribution in [3.63, 3.8) is 0 Å². The fourth-order valence-electron chi connectivity index (χ4n) is 2.02. The van der Waals surface area contributed by atoms with Gasteiger partial charge in [0, 0.05) is 11.8 Å². The standard InChI is InChI=1S/C13H22FN3O3/c1-7(16-12(20)13(2,3)4)11(19)17-6-8(14)5-9(17)10(15)18/h7-9H,5-6H2,1-4H3,(H2,15,18)(H,16,20)/t7-,8-,9-/m0/s1. The van der Waals surface area contributed by atoms with Crippen LogP contribution in [-0.2, 0) is 14.4 Å². The summed E-state index contributed by atoms with van der Waals surface area (Å²) in [6.07, 6.45) is -1.34. The monoisotopic (exact) mass is 287 g/mol. The summed E-state index contributed by atoms with van der Waals surface area (Å²) >= 11 is 0. The first-order valence-electron chi connectivity index (χ1n) is 6.59. The molecule has 7 heteroatoms. The molecule has 0 radical (unpaired) electrons. The van der Waals surface area contributed by atoms with Crippen LogP contribution in [0.5, 0.6) is 0 Å². The van der Waals surface area contributed by atoms with Gasteiger partial charge in [-0.2, -0.15) is 0 Å². The highest BCUT2D eigenvalue weighted by atomic mass is 19.1. The Kier molecular flexibility index (Phi) is 4.73. The van der Waals surface area contributed by atoms with Crippen molar-refractivity contribution in [1.82, 2.24) is 10.2 Å². The first kappa shape index (κ1) is 16.4. The van der Waals surface area contributed by atoms with Gasteiger partial charge < -0.3 is 16.0 Å². The Labute approximate surface area is 117 Å². The van der Waals surface area contributed by atoms with E-state index >= 15 is 0 Å². The van der Waals surface area contributed by atoms with E-state index in [1.807, 2.05) is 0 Å². The average Bonchev–Trinajstić information content (AvgIpc) is 2.69. The zero-order valence-corrected chi connectivity index (χ0v) is 12.3. The van der Waals surface area contributed by atoms with Crippen LogP contribution in [0.25, 0.3) is 0 Å². The lowest BCUT2D eigenvalue weighted by atomic mass is 9.95. The number of nitrogens with one attached hydrogen (secondary N) is 1. The number of carbonyl (C=O) groups excluding carboxylic acids is 3. The Bertz CT molecular complexity index is 420. The molecule has 0 bridgehead atoms. The Morgan fingerprint density at radius 3 is 2.35 bits per heavy atom. The van der Waals surface area contributed by atoms with Crippen LogP contribution in [0.4, 0.5) is 4.39 Å². The minimum atomic E-state index is -1.26. The molecule has 0 spiro atoms. The van der Waals surface area contributed by atoms with E-state index in [0.29, 0.717) is 0 Å². The molecule has 6 nitrogen and oxygen atoms in total. The third-order valence-corrected chi connectivity index (χ3v) is 3.26. The molecule has 1 fully saturated rings. The van der Waals surface area contributed by atoms with E-state index in [9.17, 15) is 18.8 Å². The van der Waals surface area contributed by atoms with Gasteiger partial charge in [-0.3, -0.25) is 14.4 Å². The maximum absolute atomic E-state index is 13.4. The van der Waals surface area contributed by atoms with Gasteiger partial charge in [-0.15, -0.1) is 0 Å². The fourth-order valence-corrected chi connectivity index (χ4v) is 2.02. The van der Waals surface area contributed by atoms with E-state index in [4.69, 9.17) is 5.73 Å². The first-order chi connectivity index (χ1) is 9.04. The molecule has 0 aromatic heterocycles. The summed E-state index contributed by atoms with van der Waals surface area (Å²) in [6.45, 7) is 6.51. The Morgan fingerprint density at radius 1 is 1.35 bits per heavy atom. The molecule has 1 aliphatic heterocycles. The number of hydrogen-bond donors (Lipinski definition) is 2. The van der Waals surface area contributed by atoms with Gasteiger partial charge in [0.05, 0.1) is 6.54 Å². The summed E-state index contributed by atoms with van der Waals surface area (Å²) in [5.41, 5.74) is 4.54. The summed E-state index contributed by atoms with van der Waals surface area (Å²) < 4.78 is 13.4. The van der Waals surface area contributed by atoms with Crippen LogP contribution in [0.15, 0.2) is 0 Å². The molecule has 0 aliphatic carbocycles. The van der Waals surface area contributed by atoms with Gasteiger partial charge in [-0.05, 0) is 6.92 Å². The second kappa shape index (κ2) is 5.76. The number of carbonyl (C=O) groups is 3. The van der Waals surface area contributed by atoms with Gasteiger partial charge in [0.2, 0.25) is 17.7 Å². The van der Waals surface area contributed by atoms with Crippen LogP contribution >= 0.6 is 0 Å². The SMILES string of the molecule is C[C@H](NC(=O)C(C)(C)C)C(=O)N1C[C@@H](F)C[C@H]1C(N)=O. The summed E-state index contributed by atoms with van der Waals surface area (Å²) in [5, 5.41) is 2.57. The maximum Gasteiger partial charge on any atom is 0.245 e. The summed E-state index contributed by atoms with van der Waals surface area (Å²) in [6, 6.07) is -1.76. The second-order valence-electron chi connectivity index (χ2n) is 6.19. The van der Waals surface area contributed by atoms with E-state index < -0.39 is 35.5 Å². The molecule has 0 unspecified atom stereocenters. The van der Waals surface area contributed by atoms with Gasteiger partial charge in [-0.1, -0.05) is 20.8 Å². The van der Waals surface area contributed by atoms with E-state index in [1.54, 1.807) is 20.8 Å². The zero-order valence-electron chi connectivity index (χ0n) is 12.3. The highest BCUT2D eigenvalue weighted by Crippen LogP contribution is 2.21. The van der Waals surface area contributed by atoms with Crippen molar-refractivity contribution in [3.8, 4) is 0 Å². The predicted molar refractivity (Wildman–Crippen MR) is 71.3 cm³/mol. The quantitative estimate of drug-likeness (QED) is 0.763. The number of hydrogen-bond acceptors (Lipinski definition) is 3. The molecule has 3 N–H and O–H groups in total. The normalized spacial score (nSPS) is 24.4. The summed E-state index contributed by atoms with van der Waals surface area (Å²) in [7, 11) is 0. The lowest BCUT2D eigenvalue weighted by molar-refractivity contribution is -0.141. The minimum absolute atomic E-state index is 0.0823. The third kappa shape index (κ3) is 3.68. The molecular weight excluding hydrogens is 265 g/mol. The lowest BCUT2D eigenvalue weighted by Crippen LogP contribution is -2.53. The third-order valence-electron chi connectivity index (χ3n) is 3.26. The van der Waals surface area contributed by atoms with Crippen LogP contribution in [0.3, 0.4) is 0 Å². The largest absolute Gasteiger partial charge is 0.368 e. The summed E-state index contributed by atoms with van der Waals surface area (Å²) in [5.74, 6) is -1.51. The molecule has 3 amide bonds. The van der Waals surface area contributed by atoms with Crippen molar-refractivity contribution in [2.45, 2.75) is 52.4 Å². The molecule has 20 heavy (non-hydrogen) atoms. The molecule has 114 valence electrons. The van der Waals surface area contributed by atoms with Gasteiger partial charge in [0.1, 0.15) is 18.3 Å². The number of likely N-dealkylation sites (tertiary alicyclic amines) is 1. The van der Waals surface area contributed by atoms with E-state index in [0.717, 1.165) is 4.90 Å². The van der Waals surface area contributed by atoms with Crippen LogP contribution in [0, 0.1) is 5.41 Å². The first-order valence-corrected chi connectivity index (χ1v) is 6.59. The number of primary amides is 1. The molecule has 1 saturated heterocycles. The van der Waals surface area contributed by atoms with E-state index in [1.165, 1.54) is 6.92 Å². The number of nitrogens with zero attached hydrogens (tertiary/aromatic N) is 1. The molecule has 0 aromatic carbocycles. The highest BCUT2D eigenvalue weighted by Gasteiger charge is 2.40. The Morgan fingerprint density at radius 2 is 1.90 bits per heavy atom. The van der Waals surface area contributed by atoms with E-state index in [2.05, 4.69) is 5.32 Å². The van der Waals surface area contributed by atoms with Gasteiger partial charge in [0.25, 0.3) is 0 Å². The van der Waals surface area contributed by atoms with Gasteiger partial charge >= 0.3 is 0 Å². The lowest BCUT2D eigenvalue weighted by Gasteiger charge is -2.27. The fraction of sp³-hybridized carbons (Fsp3) is 0.769. The van der Waals surface area contributed by atoms with Crippen LogP contribution in [-0.4, -0.2) is 47.4 Å². The maximum atomic E-state index is 13.4. The van der Waals surface area contributed by atoms with Crippen molar-refractivity contribution >= 4 is 17.7 Å². The average molecular weight is 287 g/mol. The molecule has 3 atom stereocenters. The van der Waals surface area contributed by atoms with Crippen LogP contribution in [0.1, 0.15) is 34.1 Å². The highest BCUT2D eigenvalue weighted by molar-refractivity contribution is 5.92. The topological polar surface area (TPSA) is 92.5 Å². The Hall–Kier alpha value is -1.66. The molecule has 1 heterocycles. The van der Waals surface area contributed by atoms with Crippen molar-refractivity contribution < 1.29 is 18.8 Å². The number of halogens is 1. The van der Waals surface area contributed by atoms with Crippen molar-refractivity contribution in [1.29, 1.82) is 0 Å². The molecule has 0 aromatic rings. The number of nitrogens with two attached hydrogens (primary N) is 1.